The highest BCUT2D eigenvalue weighted by Crippen LogP contribution is 2.46. The normalized spacial score (nSPS) is 38.8. The lowest BCUT2D eigenvalue weighted by molar-refractivity contribution is -0.118. The van der Waals surface area contributed by atoms with Gasteiger partial charge in [0.25, 0.3) is 0 Å². The van der Waals surface area contributed by atoms with Crippen LogP contribution < -0.4 is 27.0 Å². The number of aliphatic hydroxyl groups excluding tert-OH is 2. The fraction of sp³-hybridized carbons (Fsp3) is 0.816. The standard InChI is InChI=1S/C38H61N9O3/c1-23(2)45(27-16-24(17-27)10-13-31-43-28-12-11-25(18-29(28)44-31)38(20-39)14-7-15-38)19-30-33(48)34(49)37(50-30)47-21-41-32-35(40)46(22-42-36(32)47)26-8-5-3-4-6-9-26/h11-12,18,23-24,26-27,30-37,41-44,48-49H,3-10,13-17,19,21-22,40H2,1-2H3. The number of benzene rings is 1. The molecule has 3 saturated heterocycles. The summed E-state index contributed by atoms with van der Waals surface area (Å²) in [6.07, 6.45) is 12.2. The predicted molar refractivity (Wildman–Crippen MR) is 194 cm³/mol. The van der Waals surface area contributed by atoms with Crippen molar-refractivity contribution < 1.29 is 14.9 Å². The second-order valence-corrected chi connectivity index (χ2v) is 16.9. The Morgan fingerprint density at radius 2 is 1.72 bits per heavy atom. The van der Waals surface area contributed by atoms with E-state index in [1.54, 1.807) is 0 Å². The smallest absolute Gasteiger partial charge is 0.142 e. The summed E-state index contributed by atoms with van der Waals surface area (Å²) >= 11 is 0. The van der Waals surface area contributed by atoms with Crippen molar-refractivity contribution >= 4 is 11.4 Å². The van der Waals surface area contributed by atoms with Crippen LogP contribution in [-0.4, -0.2) is 112 Å². The van der Waals surface area contributed by atoms with E-state index in [0.717, 1.165) is 68.6 Å². The van der Waals surface area contributed by atoms with E-state index < -0.39 is 24.5 Å². The van der Waals surface area contributed by atoms with Crippen LogP contribution in [0.3, 0.4) is 0 Å². The van der Waals surface area contributed by atoms with Crippen molar-refractivity contribution in [2.75, 3.05) is 30.5 Å². The van der Waals surface area contributed by atoms with Crippen LogP contribution in [0.25, 0.3) is 0 Å². The highest BCUT2D eigenvalue weighted by Gasteiger charge is 2.53. The monoisotopic (exact) mass is 691 g/mol. The Balaban J connectivity index is 0.814. The number of nitrogens with two attached hydrogens (primary N) is 1. The first-order valence-electron chi connectivity index (χ1n) is 19.8. The molecule has 1 aromatic rings. The molecule has 8 N–H and O–H groups in total. The van der Waals surface area contributed by atoms with Crippen molar-refractivity contribution in [2.45, 2.75) is 170 Å². The SMILES string of the molecule is CC(C)N(CC1OC(N2CNC3C(N)N(C4CCCCCC4)CNC32)C(O)C1O)C1CC(CCC2Nc3ccc(C4(C#N)CCC4)cc3N2)C1. The van der Waals surface area contributed by atoms with Gasteiger partial charge < -0.3 is 31.3 Å². The van der Waals surface area contributed by atoms with Crippen LogP contribution in [0.5, 0.6) is 0 Å². The number of nitriles is 1. The number of rotatable bonds is 10. The molecule has 12 nitrogen and oxygen atoms in total. The lowest BCUT2D eigenvalue weighted by Crippen LogP contribution is -2.71. The van der Waals surface area contributed by atoms with Gasteiger partial charge in [0.2, 0.25) is 0 Å². The highest BCUT2D eigenvalue weighted by molar-refractivity contribution is 5.75. The fourth-order valence-corrected chi connectivity index (χ4v) is 10.3. The number of ether oxygens (including phenoxy) is 1. The van der Waals surface area contributed by atoms with Crippen molar-refractivity contribution in [2.24, 2.45) is 11.7 Å². The molecule has 8 unspecified atom stereocenters. The number of anilines is 2. The Hall–Kier alpha value is -2.05. The van der Waals surface area contributed by atoms with Crippen molar-refractivity contribution in [1.82, 2.24) is 25.3 Å². The first-order chi connectivity index (χ1) is 24.2. The summed E-state index contributed by atoms with van der Waals surface area (Å²) in [7, 11) is 0. The molecule has 4 heterocycles. The van der Waals surface area contributed by atoms with E-state index in [4.69, 9.17) is 10.5 Å². The molecule has 8 atom stereocenters. The zero-order chi connectivity index (χ0) is 34.6. The molecule has 0 bridgehead atoms. The Morgan fingerprint density at radius 3 is 2.42 bits per heavy atom. The van der Waals surface area contributed by atoms with Crippen LogP contribution in [-0.2, 0) is 10.2 Å². The average molecular weight is 692 g/mol. The van der Waals surface area contributed by atoms with Crippen molar-refractivity contribution in [1.29, 1.82) is 5.26 Å². The lowest BCUT2D eigenvalue weighted by Gasteiger charge is -2.47. The predicted octanol–water partition coefficient (Wildman–Crippen LogP) is 2.94. The highest BCUT2D eigenvalue weighted by atomic mass is 16.6. The third-order valence-corrected chi connectivity index (χ3v) is 13.6. The summed E-state index contributed by atoms with van der Waals surface area (Å²) in [5.41, 5.74) is 10.0. The molecule has 8 rings (SSSR count). The summed E-state index contributed by atoms with van der Waals surface area (Å²) < 4.78 is 6.55. The van der Waals surface area contributed by atoms with Crippen molar-refractivity contribution in [3.05, 3.63) is 23.8 Å². The van der Waals surface area contributed by atoms with Gasteiger partial charge >= 0.3 is 0 Å². The first kappa shape index (κ1) is 35.0. The maximum absolute atomic E-state index is 11.3. The molecule has 1 aromatic carbocycles. The number of nitrogens with one attached hydrogen (secondary N) is 4. The van der Waals surface area contributed by atoms with E-state index in [2.05, 4.69) is 74.1 Å². The Kier molecular flexibility index (Phi) is 10.1. The summed E-state index contributed by atoms with van der Waals surface area (Å²) in [6.45, 7) is 6.35. The van der Waals surface area contributed by atoms with Gasteiger partial charge in [0.05, 0.1) is 60.7 Å². The van der Waals surface area contributed by atoms with Crippen molar-refractivity contribution in [3.8, 4) is 6.07 Å². The van der Waals surface area contributed by atoms with Crippen LogP contribution in [0.4, 0.5) is 11.4 Å². The summed E-state index contributed by atoms with van der Waals surface area (Å²) in [5.74, 6) is 0.667. The number of hydrogen-bond acceptors (Lipinski definition) is 12. The quantitative estimate of drug-likeness (QED) is 0.180. The van der Waals surface area contributed by atoms with Gasteiger partial charge in [-0.3, -0.25) is 20.4 Å². The van der Waals surface area contributed by atoms with Crippen LogP contribution in [0.15, 0.2) is 18.2 Å². The van der Waals surface area contributed by atoms with E-state index in [9.17, 15) is 15.5 Å². The molecule has 3 saturated carbocycles. The summed E-state index contributed by atoms with van der Waals surface area (Å²) in [5, 5.41) is 47.0. The van der Waals surface area contributed by atoms with E-state index in [1.807, 2.05) is 0 Å². The van der Waals surface area contributed by atoms with Gasteiger partial charge in [-0.25, -0.2) is 4.90 Å². The van der Waals surface area contributed by atoms with Crippen molar-refractivity contribution in [3.63, 3.8) is 0 Å². The second-order valence-electron chi connectivity index (χ2n) is 16.9. The summed E-state index contributed by atoms with van der Waals surface area (Å²) in [4.78, 5) is 7.07. The Bertz CT molecular complexity index is 1370. The zero-order valence-corrected chi connectivity index (χ0v) is 30.1. The minimum atomic E-state index is -0.979. The van der Waals surface area contributed by atoms with E-state index in [-0.39, 0.29) is 30.0 Å². The van der Waals surface area contributed by atoms with Crippen LogP contribution in [0.2, 0.25) is 0 Å². The Labute approximate surface area is 298 Å². The fourth-order valence-electron chi connectivity index (χ4n) is 10.3. The summed E-state index contributed by atoms with van der Waals surface area (Å²) in [6, 6.07) is 10.4. The maximum atomic E-state index is 11.3. The molecule has 276 valence electrons. The van der Waals surface area contributed by atoms with Gasteiger partial charge in [-0.1, -0.05) is 31.7 Å². The minimum absolute atomic E-state index is 0.0299. The first-order valence-corrected chi connectivity index (χ1v) is 19.8. The maximum Gasteiger partial charge on any atom is 0.142 e. The molecule has 50 heavy (non-hydrogen) atoms. The molecular formula is C38H61N9O3. The second kappa shape index (κ2) is 14.4. The minimum Gasteiger partial charge on any atom is -0.387 e. The molecule has 0 amide bonds. The number of fused-ring (bicyclic) bond motifs is 2. The number of nitrogens with zero attached hydrogens (tertiary/aromatic N) is 4. The van der Waals surface area contributed by atoms with Crippen LogP contribution in [0, 0.1) is 17.2 Å². The van der Waals surface area contributed by atoms with Gasteiger partial charge in [-0.15, -0.1) is 0 Å². The van der Waals surface area contributed by atoms with E-state index >= 15 is 0 Å². The molecular weight excluding hydrogens is 630 g/mol. The third kappa shape index (κ3) is 6.45. The van der Waals surface area contributed by atoms with Gasteiger partial charge in [-0.05, 0) is 95.2 Å². The molecule has 12 heteroatoms. The topological polar surface area (TPSA) is 157 Å². The lowest BCUT2D eigenvalue weighted by atomic mass is 9.65. The molecule has 7 aliphatic rings. The zero-order valence-electron chi connectivity index (χ0n) is 30.1. The van der Waals surface area contributed by atoms with E-state index in [1.165, 1.54) is 38.5 Å². The average Bonchev–Trinajstić information content (AvgIpc) is 3.68. The van der Waals surface area contributed by atoms with Gasteiger partial charge in [-0.2, -0.15) is 5.26 Å². The largest absolute Gasteiger partial charge is 0.387 e. The third-order valence-electron chi connectivity index (χ3n) is 13.6. The van der Waals surface area contributed by atoms with E-state index in [0.29, 0.717) is 37.3 Å². The van der Waals surface area contributed by atoms with Gasteiger partial charge in [0, 0.05) is 24.7 Å². The molecule has 0 spiro atoms. The van der Waals surface area contributed by atoms with Gasteiger partial charge in [0.15, 0.2) is 0 Å². The van der Waals surface area contributed by atoms with Crippen LogP contribution >= 0.6 is 0 Å². The molecule has 4 aliphatic heterocycles. The number of aliphatic hydroxyl groups is 2. The van der Waals surface area contributed by atoms with Gasteiger partial charge in [0.1, 0.15) is 24.5 Å². The Morgan fingerprint density at radius 1 is 0.980 bits per heavy atom. The molecule has 6 fully saturated rings. The number of hydrogen-bond donors (Lipinski definition) is 7. The molecule has 0 aromatic heterocycles. The van der Waals surface area contributed by atoms with Crippen LogP contribution in [0.1, 0.15) is 103 Å². The molecule has 0 radical (unpaired) electrons. The molecule has 3 aliphatic carbocycles.